The van der Waals surface area contributed by atoms with E-state index in [1.807, 2.05) is 13.0 Å². The first-order valence-corrected chi connectivity index (χ1v) is 10.0. The highest BCUT2D eigenvalue weighted by Crippen LogP contribution is 2.42. The van der Waals surface area contributed by atoms with Gasteiger partial charge in [0.1, 0.15) is 0 Å². The Morgan fingerprint density at radius 2 is 1.96 bits per heavy atom. The molecule has 0 spiro atoms. The summed E-state index contributed by atoms with van der Waals surface area (Å²) in [5.74, 6) is -0.319. The zero-order valence-electron chi connectivity index (χ0n) is 14.4. The molecule has 0 heterocycles. The van der Waals surface area contributed by atoms with E-state index in [9.17, 15) is 13.2 Å². The summed E-state index contributed by atoms with van der Waals surface area (Å²) >= 11 is 0. The molecule has 2 rings (SSSR count). The SMILES string of the molecule is CCc1cc(C2CCCC2C)c(S(C)(=O)=O)cc1C(=O)N=C(N)N. The van der Waals surface area contributed by atoms with Crippen molar-refractivity contribution in [3.05, 3.63) is 28.8 Å². The van der Waals surface area contributed by atoms with Gasteiger partial charge in [0.15, 0.2) is 15.8 Å². The number of carbonyl (C=O) groups is 1. The van der Waals surface area contributed by atoms with E-state index in [1.54, 1.807) is 0 Å². The first-order valence-electron chi connectivity index (χ1n) is 8.16. The minimum Gasteiger partial charge on any atom is -0.370 e. The van der Waals surface area contributed by atoms with Crippen molar-refractivity contribution >= 4 is 21.7 Å². The van der Waals surface area contributed by atoms with Crippen LogP contribution in [0.25, 0.3) is 0 Å². The van der Waals surface area contributed by atoms with Gasteiger partial charge in [0.05, 0.1) is 4.90 Å². The van der Waals surface area contributed by atoms with Crippen molar-refractivity contribution in [1.29, 1.82) is 0 Å². The molecule has 1 saturated carbocycles. The fraction of sp³-hybridized carbons (Fsp3) is 0.529. The van der Waals surface area contributed by atoms with E-state index in [0.717, 1.165) is 30.4 Å². The van der Waals surface area contributed by atoms with Gasteiger partial charge in [-0.15, -0.1) is 0 Å². The Morgan fingerprint density at radius 1 is 1.29 bits per heavy atom. The standard InChI is InChI=1S/C17H25N3O3S/c1-4-11-8-14(12-7-5-6-10(12)2)15(24(3,22)23)9-13(11)16(21)20-17(18)19/h8-10,12H,4-7H2,1-3H3,(H4,18,19,20,21). The van der Waals surface area contributed by atoms with Crippen molar-refractivity contribution in [2.45, 2.75) is 50.3 Å². The van der Waals surface area contributed by atoms with Gasteiger partial charge in [-0.1, -0.05) is 32.8 Å². The fourth-order valence-electron chi connectivity index (χ4n) is 3.53. The van der Waals surface area contributed by atoms with Gasteiger partial charge in [-0.05, 0) is 41.9 Å². The molecule has 132 valence electrons. The lowest BCUT2D eigenvalue weighted by atomic mass is 9.87. The van der Waals surface area contributed by atoms with Gasteiger partial charge < -0.3 is 11.5 Å². The molecule has 1 aliphatic rings. The molecule has 2 unspecified atom stereocenters. The highest BCUT2D eigenvalue weighted by atomic mass is 32.2. The Hall–Kier alpha value is -1.89. The van der Waals surface area contributed by atoms with Gasteiger partial charge in [-0.2, -0.15) is 4.99 Å². The molecule has 1 fully saturated rings. The monoisotopic (exact) mass is 351 g/mol. The second-order valence-corrected chi connectivity index (χ2v) is 8.51. The normalized spacial score (nSPS) is 20.8. The third kappa shape index (κ3) is 3.77. The lowest BCUT2D eigenvalue weighted by molar-refractivity contribution is 0.100. The average molecular weight is 351 g/mol. The number of rotatable bonds is 4. The van der Waals surface area contributed by atoms with Crippen molar-refractivity contribution < 1.29 is 13.2 Å². The molecular formula is C17H25N3O3S. The summed E-state index contributed by atoms with van der Waals surface area (Å²) in [5, 5.41) is 0. The molecular weight excluding hydrogens is 326 g/mol. The second-order valence-electron chi connectivity index (χ2n) is 6.53. The quantitative estimate of drug-likeness (QED) is 0.635. The molecule has 0 bridgehead atoms. The highest BCUT2D eigenvalue weighted by Gasteiger charge is 2.30. The first kappa shape index (κ1) is 18.4. The maximum atomic E-state index is 12.3. The summed E-state index contributed by atoms with van der Waals surface area (Å²) in [6.07, 6.45) is 4.91. The fourth-order valence-corrected chi connectivity index (χ4v) is 4.50. The summed E-state index contributed by atoms with van der Waals surface area (Å²) in [7, 11) is -3.47. The Kier molecular flexibility index (Phi) is 5.32. The van der Waals surface area contributed by atoms with Crippen LogP contribution in [0.15, 0.2) is 22.0 Å². The Labute approximate surface area is 143 Å². The van der Waals surface area contributed by atoms with Gasteiger partial charge >= 0.3 is 0 Å². The third-order valence-corrected chi connectivity index (χ3v) is 5.89. The predicted molar refractivity (Wildman–Crippen MR) is 94.8 cm³/mol. The van der Waals surface area contributed by atoms with Crippen LogP contribution in [0.5, 0.6) is 0 Å². The summed E-state index contributed by atoms with van der Waals surface area (Å²) in [6.45, 7) is 4.07. The number of hydrogen-bond donors (Lipinski definition) is 2. The van der Waals surface area contributed by atoms with E-state index in [0.29, 0.717) is 12.3 Å². The van der Waals surface area contributed by atoms with Gasteiger partial charge in [0.2, 0.25) is 0 Å². The summed E-state index contributed by atoms with van der Waals surface area (Å²) in [4.78, 5) is 16.0. The Balaban J connectivity index is 2.69. The van der Waals surface area contributed by atoms with E-state index in [4.69, 9.17) is 11.5 Å². The van der Waals surface area contributed by atoms with E-state index in [1.165, 1.54) is 12.3 Å². The lowest BCUT2D eigenvalue weighted by Gasteiger charge is -2.21. The average Bonchev–Trinajstić information content (AvgIpc) is 2.90. The van der Waals surface area contributed by atoms with Crippen LogP contribution in [0.3, 0.4) is 0 Å². The maximum Gasteiger partial charge on any atom is 0.280 e. The second kappa shape index (κ2) is 6.93. The van der Waals surface area contributed by atoms with Crippen molar-refractivity contribution in [2.24, 2.45) is 22.4 Å². The number of hydrogen-bond acceptors (Lipinski definition) is 3. The first-order chi connectivity index (χ1) is 11.1. The molecule has 6 nitrogen and oxygen atoms in total. The zero-order valence-corrected chi connectivity index (χ0v) is 15.2. The van der Waals surface area contributed by atoms with Crippen LogP contribution in [0, 0.1) is 5.92 Å². The summed E-state index contributed by atoms with van der Waals surface area (Å²) in [5.41, 5.74) is 12.4. The molecule has 4 N–H and O–H groups in total. The van der Waals surface area contributed by atoms with Crippen LogP contribution >= 0.6 is 0 Å². The van der Waals surface area contributed by atoms with Crippen molar-refractivity contribution in [3.8, 4) is 0 Å². The molecule has 0 aromatic heterocycles. The van der Waals surface area contributed by atoms with Gasteiger partial charge in [0.25, 0.3) is 5.91 Å². The minimum absolute atomic E-state index is 0.201. The number of sulfone groups is 1. The van der Waals surface area contributed by atoms with Crippen LogP contribution in [0.1, 0.15) is 60.5 Å². The van der Waals surface area contributed by atoms with E-state index in [2.05, 4.69) is 11.9 Å². The molecule has 0 aliphatic heterocycles. The molecule has 7 heteroatoms. The molecule has 24 heavy (non-hydrogen) atoms. The summed E-state index contributed by atoms with van der Waals surface area (Å²) < 4.78 is 24.6. The molecule has 2 atom stereocenters. The van der Waals surface area contributed by atoms with Crippen LogP contribution < -0.4 is 11.5 Å². The molecule has 0 saturated heterocycles. The van der Waals surface area contributed by atoms with Gasteiger partial charge in [0, 0.05) is 11.8 Å². The van der Waals surface area contributed by atoms with E-state index in [-0.39, 0.29) is 22.3 Å². The number of guanidine groups is 1. The zero-order chi connectivity index (χ0) is 18.1. The highest BCUT2D eigenvalue weighted by molar-refractivity contribution is 7.90. The third-order valence-electron chi connectivity index (χ3n) is 4.74. The topological polar surface area (TPSA) is 116 Å². The van der Waals surface area contributed by atoms with Gasteiger partial charge in [-0.25, -0.2) is 8.42 Å². The van der Waals surface area contributed by atoms with E-state index >= 15 is 0 Å². The number of benzene rings is 1. The number of amides is 1. The number of nitrogens with two attached hydrogens (primary N) is 2. The van der Waals surface area contributed by atoms with Crippen LogP contribution in [-0.2, 0) is 16.3 Å². The number of aryl methyl sites for hydroxylation is 1. The molecule has 1 amide bonds. The van der Waals surface area contributed by atoms with Crippen LogP contribution in [0.2, 0.25) is 0 Å². The van der Waals surface area contributed by atoms with Crippen LogP contribution in [-0.4, -0.2) is 26.5 Å². The number of nitrogens with zero attached hydrogens (tertiary/aromatic N) is 1. The van der Waals surface area contributed by atoms with Crippen LogP contribution in [0.4, 0.5) is 0 Å². The van der Waals surface area contributed by atoms with Gasteiger partial charge in [-0.3, -0.25) is 4.79 Å². The summed E-state index contributed by atoms with van der Waals surface area (Å²) in [6, 6.07) is 3.31. The predicted octanol–water partition coefficient (Wildman–Crippen LogP) is 1.97. The Bertz CT molecular complexity index is 781. The maximum absolute atomic E-state index is 12.3. The van der Waals surface area contributed by atoms with Crippen molar-refractivity contribution in [2.75, 3.05) is 6.26 Å². The number of carbonyl (C=O) groups excluding carboxylic acids is 1. The minimum atomic E-state index is -3.47. The smallest absolute Gasteiger partial charge is 0.280 e. The number of aliphatic imine (C=N–C) groups is 1. The largest absolute Gasteiger partial charge is 0.370 e. The Morgan fingerprint density at radius 3 is 2.42 bits per heavy atom. The van der Waals surface area contributed by atoms with E-state index < -0.39 is 15.7 Å². The van der Waals surface area contributed by atoms with Crippen molar-refractivity contribution in [3.63, 3.8) is 0 Å². The molecule has 0 radical (unpaired) electrons. The molecule has 1 aromatic carbocycles. The van der Waals surface area contributed by atoms with Crippen molar-refractivity contribution in [1.82, 2.24) is 0 Å². The molecule has 1 aromatic rings. The lowest BCUT2D eigenvalue weighted by Crippen LogP contribution is -2.24. The molecule has 1 aliphatic carbocycles.